The average molecular weight is 610 g/mol. The molecule has 0 aliphatic heterocycles. The molecule has 220 valence electrons. The van der Waals surface area contributed by atoms with Crippen LogP contribution >= 0.6 is 0 Å². The molecule has 5 heteroatoms. The van der Waals surface area contributed by atoms with Gasteiger partial charge in [-0.25, -0.2) is 9.97 Å². The van der Waals surface area contributed by atoms with Gasteiger partial charge in [0.15, 0.2) is 0 Å². The first-order chi connectivity index (χ1) is 23.8. The highest BCUT2D eigenvalue weighted by molar-refractivity contribution is 6.36. The molecule has 0 amide bonds. The van der Waals surface area contributed by atoms with E-state index >= 15 is 0 Å². The molecule has 0 atom stereocenters. The lowest BCUT2D eigenvalue weighted by Crippen LogP contribution is -2.03. The van der Waals surface area contributed by atoms with Gasteiger partial charge in [-0.15, -0.1) is 0 Å². The Hall–Kier alpha value is -6.77. The molecule has 0 unspecified atom stereocenters. The minimum absolute atomic E-state index is 0.598. The fourth-order valence-electron chi connectivity index (χ4n) is 8.03. The lowest BCUT2D eigenvalue weighted by Gasteiger charge is -2.12. The van der Waals surface area contributed by atoms with E-state index < -0.39 is 0 Å². The summed E-state index contributed by atoms with van der Waals surface area (Å²) in [6.45, 7) is 0. The summed E-state index contributed by atoms with van der Waals surface area (Å²) in [5.41, 5.74) is 8.90. The van der Waals surface area contributed by atoms with Gasteiger partial charge >= 0.3 is 0 Å². The van der Waals surface area contributed by atoms with Gasteiger partial charge in [0.05, 0.1) is 50.4 Å². The van der Waals surface area contributed by atoms with Crippen LogP contribution in [0.3, 0.4) is 0 Å². The molecule has 11 aromatic rings. The van der Waals surface area contributed by atoms with Gasteiger partial charge in [0.25, 0.3) is 0 Å². The minimum Gasteiger partial charge on any atom is -0.308 e. The molecule has 0 bridgehead atoms. The van der Waals surface area contributed by atoms with Crippen LogP contribution in [0, 0.1) is 11.3 Å². The van der Waals surface area contributed by atoms with Gasteiger partial charge in [-0.2, -0.15) is 5.26 Å². The SMILES string of the molecule is N#Cc1cccc(-c2nc(-n3c4cc5ccccc5cc4c4c5c6ccccc6n6c7ccccc7c(cc43)c56)nc3ccccc23)c1. The molecular formula is C43H23N5. The van der Waals surface area contributed by atoms with Crippen LogP contribution in [0.4, 0.5) is 0 Å². The molecule has 0 N–H and O–H groups in total. The van der Waals surface area contributed by atoms with Crippen LogP contribution in [0.1, 0.15) is 5.56 Å². The highest BCUT2D eigenvalue weighted by Crippen LogP contribution is 2.47. The van der Waals surface area contributed by atoms with E-state index in [0.29, 0.717) is 11.5 Å². The first kappa shape index (κ1) is 25.4. The normalized spacial score (nSPS) is 12.1. The summed E-state index contributed by atoms with van der Waals surface area (Å²) in [6.07, 6.45) is 0. The lowest BCUT2D eigenvalue weighted by atomic mass is 10.0. The van der Waals surface area contributed by atoms with Crippen molar-refractivity contribution < 1.29 is 0 Å². The summed E-state index contributed by atoms with van der Waals surface area (Å²) in [5.74, 6) is 0.600. The first-order valence-electron chi connectivity index (χ1n) is 16.1. The minimum atomic E-state index is 0.598. The van der Waals surface area contributed by atoms with Crippen molar-refractivity contribution in [2.75, 3.05) is 0 Å². The number of aromatic nitrogens is 4. The topological polar surface area (TPSA) is 58.9 Å². The van der Waals surface area contributed by atoms with E-state index in [4.69, 9.17) is 9.97 Å². The van der Waals surface area contributed by atoms with Crippen molar-refractivity contribution in [2.24, 2.45) is 0 Å². The average Bonchev–Trinajstić information content (AvgIpc) is 3.77. The van der Waals surface area contributed by atoms with Crippen LogP contribution in [0.15, 0.2) is 140 Å². The Labute approximate surface area is 273 Å². The molecule has 0 aliphatic rings. The second kappa shape index (κ2) is 9.16. The number of fused-ring (bicyclic) bond motifs is 12. The Morgan fingerprint density at radius 1 is 0.500 bits per heavy atom. The van der Waals surface area contributed by atoms with E-state index in [1.807, 2.05) is 42.5 Å². The zero-order valence-electron chi connectivity index (χ0n) is 25.5. The summed E-state index contributed by atoms with van der Waals surface area (Å²) in [7, 11) is 0. The van der Waals surface area contributed by atoms with Crippen LogP contribution < -0.4 is 0 Å². The fourth-order valence-corrected chi connectivity index (χ4v) is 8.03. The molecule has 0 saturated carbocycles. The number of hydrogen-bond acceptors (Lipinski definition) is 3. The standard InChI is InChI=1S/C43H23N5/c44-24-25-10-9-13-28(20-25)41-30-15-3-6-17-34(30)45-43(46-41)48-37-22-27-12-2-1-11-26(27)21-33(37)39-38(48)23-32-29-14-4-7-18-35(29)47-36-19-8-5-16-31(36)40(39)42(32)47/h1-23H. The first-order valence-corrected chi connectivity index (χ1v) is 16.1. The molecule has 0 aliphatic carbocycles. The highest BCUT2D eigenvalue weighted by Gasteiger charge is 2.25. The van der Waals surface area contributed by atoms with Gasteiger partial charge in [-0.1, -0.05) is 91.0 Å². The third-order valence-corrected chi connectivity index (χ3v) is 10.0. The Bertz CT molecular complexity index is 3190. The number of para-hydroxylation sites is 3. The molecule has 0 spiro atoms. The van der Waals surface area contributed by atoms with Crippen molar-refractivity contribution in [3.05, 3.63) is 145 Å². The van der Waals surface area contributed by atoms with E-state index in [2.05, 4.69) is 112 Å². The van der Waals surface area contributed by atoms with E-state index in [1.54, 1.807) is 0 Å². The van der Waals surface area contributed by atoms with E-state index in [0.717, 1.165) is 38.6 Å². The molecule has 48 heavy (non-hydrogen) atoms. The zero-order chi connectivity index (χ0) is 31.5. The summed E-state index contributed by atoms with van der Waals surface area (Å²) in [6, 6.07) is 51.1. The van der Waals surface area contributed by atoms with Gasteiger partial charge in [0.1, 0.15) is 0 Å². The predicted molar refractivity (Wildman–Crippen MR) is 196 cm³/mol. The predicted octanol–water partition coefficient (Wildman–Crippen LogP) is 10.6. The number of hydrogen-bond donors (Lipinski definition) is 0. The second-order valence-electron chi connectivity index (χ2n) is 12.5. The number of nitrogens with zero attached hydrogens (tertiary/aromatic N) is 5. The molecule has 11 rings (SSSR count). The Morgan fingerprint density at radius 3 is 2.04 bits per heavy atom. The maximum atomic E-state index is 9.73. The Balaban J connectivity index is 1.39. The van der Waals surface area contributed by atoms with Crippen molar-refractivity contribution in [2.45, 2.75) is 0 Å². The van der Waals surface area contributed by atoms with Gasteiger partial charge in [0.2, 0.25) is 5.95 Å². The lowest BCUT2D eigenvalue weighted by molar-refractivity contribution is 1.01. The number of rotatable bonds is 2. The van der Waals surface area contributed by atoms with Gasteiger partial charge in [-0.3, -0.25) is 4.57 Å². The summed E-state index contributed by atoms with van der Waals surface area (Å²) < 4.78 is 4.69. The molecule has 0 saturated heterocycles. The van der Waals surface area contributed by atoms with Crippen LogP contribution in [0.2, 0.25) is 0 Å². The quantitative estimate of drug-likeness (QED) is 0.196. The third-order valence-electron chi connectivity index (χ3n) is 10.0. The Morgan fingerprint density at radius 2 is 1.21 bits per heavy atom. The molecule has 0 radical (unpaired) electrons. The maximum absolute atomic E-state index is 9.73. The van der Waals surface area contributed by atoms with Crippen LogP contribution in [0.5, 0.6) is 0 Å². The molecule has 4 aromatic heterocycles. The molecule has 4 heterocycles. The Kier molecular flexibility index (Phi) is 4.85. The van der Waals surface area contributed by atoms with Crippen molar-refractivity contribution in [1.82, 2.24) is 18.9 Å². The smallest absolute Gasteiger partial charge is 0.235 e. The van der Waals surface area contributed by atoms with Crippen molar-refractivity contribution in [1.29, 1.82) is 5.26 Å². The van der Waals surface area contributed by atoms with E-state index in [9.17, 15) is 5.26 Å². The number of benzene rings is 7. The molecule has 7 aromatic carbocycles. The highest BCUT2D eigenvalue weighted by atomic mass is 15.2. The summed E-state index contributed by atoms with van der Waals surface area (Å²) in [4.78, 5) is 10.6. The van der Waals surface area contributed by atoms with Crippen molar-refractivity contribution in [3.8, 4) is 23.3 Å². The third kappa shape index (κ3) is 3.23. The van der Waals surface area contributed by atoms with Gasteiger partial charge in [0, 0.05) is 43.3 Å². The van der Waals surface area contributed by atoms with Crippen molar-refractivity contribution in [3.63, 3.8) is 0 Å². The second-order valence-corrected chi connectivity index (χ2v) is 12.5. The molecule has 5 nitrogen and oxygen atoms in total. The van der Waals surface area contributed by atoms with Crippen molar-refractivity contribution >= 4 is 81.6 Å². The zero-order valence-corrected chi connectivity index (χ0v) is 25.5. The number of nitriles is 1. The monoisotopic (exact) mass is 609 g/mol. The summed E-state index contributed by atoms with van der Waals surface area (Å²) in [5, 5.41) is 20.3. The van der Waals surface area contributed by atoms with Crippen LogP contribution in [-0.2, 0) is 0 Å². The van der Waals surface area contributed by atoms with E-state index in [-0.39, 0.29) is 0 Å². The molecule has 0 fully saturated rings. The van der Waals surface area contributed by atoms with E-state index in [1.165, 1.54) is 54.3 Å². The molecular weight excluding hydrogens is 587 g/mol. The van der Waals surface area contributed by atoms with Crippen LogP contribution in [-0.4, -0.2) is 18.9 Å². The maximum Gasteiger partial charge on any atom is 0.235 e. The largest absolute Gasteiger partial charge is 0.308 e. The van der Waals surface area contributed by atoms with Gasteiger partial charge < -0.3 is 4.40 Å². The fraction of sp³-hybridized carbons (Fsp3) is 0. The summed E-state index contributed by atoms with van der Waals surface area (Å²) >= 11 is 0. The van der Waals surface area contributed by atoms with Gasteiger partial charge in [-0.05, 0) is 59.3 Å². The van der Waals surface area contributed by atoms with Crippen LogP contribution in [0.25, 0.3) is 98.8 Å².